The van der Waals surface area contributed by atoms with Crippen LogP contribution in [0, 0.1) is 6.42 Å². The van der Waals surface area contributed by atoms with Crippen molar-refractivity contribution in [2.24, 2.45) is 0 Å². The van der Waals surface area contributed by atoms with Crippen molar-refractivity contribution in [1.29, 1.82) is 0 Å². The molecule has 0 fully saturated rings. The second-order valence-corrected chi connectivity index (χ2v) is 2.47. The van der Waals surface area contributed by atoms with Crippen LogP contribution >= 0.6 is 0 Å². The molecule has 0 unspecified atom stereocenters. The second-order valence-electron chi connectivity index (χ2n) is 2.47. The molecule has 2 heteroatoms. The molecule has 0 heterocycles. The molecular formula is C9H9Rb2+. The van der Waals surface area contributed by atoms with Crippen LogP contribution in [0.2, 0.25) is 0 Å². The van der Waals surface area contributed by atoms with E-state index in [1.54, 1.807) is 0 Å². The fourth-order valence-electron chi connectivity index (χ4n) is 1.34. The van der Waals surface area contributed by atoms with Crippen LogP contribution in [0.5, 0.6) is 0 Å². The van der Waals surface area contributed by atoms with E-state index in [2.05, 4.69) is 30.7 Å². The Morgan fingerprint density at radius 2 is 1.36 bits per heavy atom. The third-order valence-corrected chi connectivity index (χ3v) is 1.85. The van der Waals surface area contributed by atoms with Crippen molar-refractivity contribution in [3.05, 3.63) is 41.8 Å². The van der Waals surface area contributed by atoms with Crippen molar-refractivity contribution in [2.45, 2.75) is 12.8 Å². The van der Waals surface area contributed by atoms with Crippen LogP contribution in [0.15, 0.2) is 24.3 Å². The number of hydrogen-bond donors (Lipinski definition) is 0. The zero-order valence-corrected chi connectivity index (χ0v) is 17.1. The summed E-state index contributed by atoms with van der Waals surface area (Å²) in [7, 11) is 0. The van der Waals surface area contributed by atoms with Crippen LogP contribution in [0.4, 0.5) is 0 Å². The third kappa shape index (κ3) is 3.83. The predicted molar refractivity (Wildman–Crippen MR) is 38.2 cm³/mol. The molecule has 0 spiro atoms. The van der Waals surface area contributed by atoms with Gasteiger partial charge < -0.3 is 6.42 Å². The minimum Gasteiger partial charge on any atom is -0.320 e. The van der Waals surface area contributed by atoms with Crippen LogP contribution in [-0.4, -0.2) is 0 Å². The van der Waals surface area contributed by atoms with Crippen LogP contribution < -0.4 is 116 Å². The Labute approximate surface area is 166 Å². The Hall–Kier alpha value is 2.83. The van der Waals surface area contributed by atoms with E-state index in [0.717, 1.165) is 0 Å². The van der Waals surface area contributed by atoms with Gasteiger partial charge in [0.1, 0.15) is 0 Å². The number of hydrogen-bond acceptors (Lipinski definition) is 0. The summed E-state index contributed by atoms with van der Waals surface area (Å²) in [6.07, 6.45) is 4.68. The molecule has 0 saturated heterocycles. The summed E-state index contributed by atoms with van der Waals surface area (Å²) in [6.45, 7) is 0. The first-order valence-corrected chi connectivity index (χ1v) is 3.35. The van der Waals surface area contributed by atoms with Crippen molar-refractivity contribution in [2.75, 3.05) is 0 Å². The zero-order chi connectivity index (χ0) is 6.10. The number of rotatable bonds is 0. The smallest absolute Gasteiger partial charge is 0.320 e. The predicted octanol–water partition coefficient (Wildman–Crippen LogP) is -4.00. The van der Waals surface area contributed by atoms with Crippen LogP contribution in [-0.2, 0) is 12.8 Å². The molecule has 1 aliphatic rings. The van der Waals surface area contributed by atoms with Gasteiger partial charge in [-0.2, -0.15) is 12.8 Å². The van der Waals surface area contributed by atoms with E-state index in [1.807, 2.05) is 0 Å². The molecule has 0 bridgehead atoms. The van der Waals surface area contributed by atoms with Gasteiger partial charge in [-0.15, -0.1) is 0 Å². The van der Waals surface area contributed by atoms with Gasteiger partial charge >= 0.3 is 116 Å². The van der Waals surface area contributed by atoms with E-state index < -0.39 is 0 Å². The molecule has 0 aliphatic heterocycles. The Morgan fingerprint density at radius 3 is 1.82 bits per heavy atom. The summed E-state index contributed by atoms with van der Waals surface area (Å²) < 4.78 is 0. The monoisotopic (exact) mass is 287 g/mol. The van der Waals surface area contributed by atoms with E-state index in [9.17, 15) is 0 Å². The number of benzene rings is 1. The average Bonchev–Trinajstić information content (AvgIpc) is 2.33. The van der Waals surface area contributed by atoms with E-state index >= 15 is 0 Å². The molecule has 0 aromatic heterocycles. The number of fused-ring (bicyclic) bond motifs is 1. The third-order valence-electron chi connectivity index (χ3n) is 1.85. The maximum Gasteiger partial charge on any atom is 1.00 e. The van der Waals surface area contributed by atoms with E-state index in [4.69, 9.17) is 0 Å². The van der Waals surface area contributed by atoms with Crippen molar-refractivity contribution in [1.82, 2.24) is 0 Å². The van der Waals surface area contributed by atoms with E-state index in [1.165, 1.54) is 24.0 Å². The molecule has 0 atom stereocenters. The Bertz CT molecular complexity index is 198. The van der Waals surface area contributed by atoms with Gasteiger partial charge in [0, 0.05) is 0 Å². The molecule has 1 aromatic carbocycles. The summed E-state index contributed by atoms with van der Waals surface area (Å²) in [6, 6.07) is 8.63. The van der Waals surface area contributed by atoms with Crippen LogP contribution in [0.1, 0.15) is 11.1 Å². The van der Waals surface area contributed by atoms with Gasteiger partial charge in [-0.25, -0.2) is 0 Å². The largest absolute Gasteiger partial charge is 1.00 e. The van der Waals surface area contributed by atoms with E-state index in [-0.39, 0.29) is 116 Å². The molecule has 1 aliphatic carbocycles. The molecule has 0 nitrogen and oxygen atoms in total. The molecule has 11 heavy (non-hydrogen) atoms. The molecule has 1 aromatic rings. The normalized spacial score (nSPS) is 12.7. The van der Waals surface area contributed by atoms with Crippen molar-refractivity contribution in [3.63, 3.8) is 0 Å². The first kappa shape index (κ1) is 13.8. The Balaban J connectivity index is 0.000000500. The summed E-state index contributed by atoms with van der Waals surface area (Å²) in [5, 5.41) is 0. The fourth-order valence-corrected chi connectivity index (χ4v) is 1.34. The molecule has 0 radical (unpaired) electrons. The maximum absolute atomic E-state index is 2.32. The van der Waals surface area contributed by atoms with Gasteiger partial charge in [-0.05, 0) is 0 Å². The molecular weight excluding hydrogens is 279 g/mol. The first-order valence-electron chi connectivity index (χ1n) is 3.35. The fraction of sp³-hybridized carbons (Fsp3) is 0.222. The summed E-state index contributed by atoms with van der Waals surface area (Å²) in [5.74, 6) is 0. The molecule has 0 saturated carbocycles. The quantitative estimate of drug-likeness (QED) is 0.427. The summed E-state index contributed by atoms with van der Waals surface area (Å²) >= 11 is 0. The Kier molecular flexibility index (Phi) is 9.01. The van der Waals surface area contributed by atoms with Gasteiger partial charge in [0.25, 0.3) is 0 Å². The van der Waals surface area contributed by atoms with Crippen molar-refractivity contribution < 1.29 is 116 Å². The van der Waals surface area contributed by atoms with Gasteiger partial charge in [0.2, 0.25) is 0 Å². The minimum absolute atomic E-state index is 0. The minimum atomic E-state index is 0. The summed E-state index contributed by atoms with van der Waals surface area (Å²) in [4.78, 5) is 0. The van der Waals surface area contributed by atoms with Gasteiger partial charge in [0.15, 0.2) is 0 Å². The van der Waals surface area contributed by atoms with Crippen LogP contribution in [0.3, 0.4) is 0 Å². The second kappa shape index (κ2) is 7.17. The van der Waals surface area contributed by atoms with Gasteiger partial charge in [-0.3, -0.25) is 0 Å². The van der Waals surface area contributed by atoms with Crippen molar-refractivity contribution >= 4 is 0 Å². The van der Waals surface area contributed by atoms with Gasteiger partial charge in [0.05, 0.1) is 0 Å². The zero-order valence-electron chi connectivity index (χ0n) is 7.30. The van der Waals surface area contributed by atoms with Crippen LogP contribution in [0.25, 0.3) is 0 Å². The Morgan fingerprint density at radius 1 is 0.909 bits per heavy atom. The average molecular weight is 288 g/mol. The van der Waals surface area contributed by atoms with E-state index in [0.29, 0.717) is 0 Å². The topological polar surface area (TPSA) is 0 Å². The van der Waals surface area contributed by atoms with Gasteiger partial charge in [-0.1, -0.05) is 35.4 Å². The standard InChI is InChI=1S/C9H9.2Rb/c1-2-5-9-7-3-6-8(9)4-1;;/h1-5H,6-7H2;;/q-1;2*+1. The maximum atomic E-state index is 2.32. The first-order chi connectivity index (χ1) is 4.47. The van der Waals surface area contributed by atoms with Crippen molar-refractivity contribution in [3.8, 4) is 0 Å². The molecule has 2 rings (SSSR count). The summed E-state index contributed by atoms with van der Waals surface area (Å²) in [5.41, 5.74) is 3.02. The molecule has 46 valence electrons. The SMILES string of the molecule is [Rb+].[Rb+].c1ccc2c(c1)C[CH-]C2. The molecule has 0 amide bonds. The molecule has 0 N–H and O–H groups in total.